The minimum atomic E-state index is 0.949. The lowest BCUT2D eigenvalue weighted by molar-refractivity contribution is 0.216. The van der Waals surface area contributed by atoms with Crippen LogP contribution in [0.5, 0.6) is 0 Å². The Labute approximate surface area is 271 Å². The van der Waals surface area contributed by atoms with Crippen LogP contribution in [0.2, 0.25) is 0 Å². The van der Waals surface area contributed by atoms with Crippen LogP contribution in [0.3, 0.4) is 0 Å². The molecule has 0 aromatic heterocycles. The summed E-state index contributed by atoms with van der Waals surface area (Å²) in [6.45, 7) is 29.1. The van der Waals surface area contributed by atoms with Crippen molar-refractivity contribution in [3.05, 3.63) is 138 Å². The molecule has 1 heterocycles. The molecule has 44 heavy (non-hydrogen) atoms. The number of piperidine rings is 1. The van der Waals surface area contributed by atoms with E-state index < -0.39 is 0 Å². The molecule has 0 radical (unpaired) electrons. The molecule has 1 aliphatic heterocycles. The second-order valence-corrected chi connectivity index (χ2v) is 11.5. The molecule has 3 aromatic rings. The standard InChI is InChI=1S/C19H25N.C13H12.C8H17N.C2H6/c1-8-14(2)18(6)20(7)17(5)13-16(4)19-12-10-9-11-15(19)3;1-2-5-11-8-9-12-6-3-4-7-13(12)10-11;1-3-8-4-6-9(2)7-5-8;1-2/h8-13H,1,4H2,2-3,5-7H3;2-4,6-10H,1,5H2;8H,3-7H2,1-2H3;1-2H3/b17-13-,18-14-;;;. The van der Waals surface area contributed by atoms with Crippen molar-refractivity contribution >= 4 is 16.3 Å². The molecule has 1 saturated heterocycles. The molecule has 0 saturated carbocycles. The second kappa shape index (κ2) is 21.1. The van der Waals surface area contributed by atoms with Crippen molar-refractivity contribution in [2.75, 3.05) is 27.2 Å². The van der Waals surface area contributed by atoms with Gasteiger partial charge in [-0.3, -0.25) is 0 Å². The van der Waals surface area contributed by atoms with E-state index in [9.17, 15) is 0 Å². The topological polar surface area (TPSA) is 6.48 Å². The number of fused-ring (bicyclic) bond motifs is 1. The van der Waals surface area contributed by atoms with Crippen LogP contribution in [0.1, 0.15) is 77.5 Å². The zero-order chi connectivity index (χ0) is 33.1. The van der Waals surface area contributed by atoms with Crippen molar-refractivity contribution in [1.29, 1.82) is 0 Å². The number of likely N-dealkylation sites (tertiary alicyclic amines) is 1. The predicted molar refractivity (Wildman–Crippen MR) is 200 cm³/mol. The van der Waals surface area contributed by atoms with Crippen LogP contribution in [0.25, 0.3) is 16.3 Å². The van der Waals surface area contributed by atoms with Gasteiger partial charge in [0.2, 0.25) is 0 Å². The van der Waals surface area contributed by atoms with Crippen molar-refractivity contribution in [3.8, 4) is 0 Å². The first kappa shape index (κ1) is 38.4. The van der Waals surface area contributed by atoms with Crippen molar-refractivity contribution < 1.29 is 0 Å². The number of rotatable bonds is 8. The summed E-state index contributed by atoms with van der Waals surface area (Å²) in [6, 6.07) is 23.3. The Kier molecular flexibility index (Phi) is 18.5. The Bertz CT molecular complexity index is 1370. The molecule has 0 bridgehead atoms. The van der Waals surface area contributed by atoms with Crippen molar-refractivity contribution in [1.82, 2.24) is 9.80 Å². The molecule has 0 spiro atoms. The minimum absolute atomic E-state index is 0.949. The molecule has 0 atom stereocenters. The number of allylic oxidation sites excluding steroid dienone is 7. The van der Waals surface area contributed by atoms with Crippen LogP contribution < -0.4 is 0 Å². The van der Waals surface area contributed by atoms with Crippen LogP contribution in [0.15, 0.2) is 122 Å². The van der Waals surface area contributed by atoms with Gasteiger partial charge >= 0.3 is 0 Å². The summed E-state index contributed by atoms with van der Waals surface area (Å²) in [6.07, 6.45) is 11.1. The van der Waals surface area contributed by atoms with Crippen molar-refractivity contribution in [2.45, 2.75) is 74.1 Å². The molecule has 0 aliphatic carbocycles. The molecule has 2 nitrogen and oxygen atoms in total. The summed E-state index contributed by atoms with van der Waals surface area (Å²) < 4.78 is 0. The van der Waals surface area contributed by atoms with Gasteiger partial charge in [0.25, 0.3) is 0 Å². The number of hydrogen-bond acceptors (Lipinski definition) is 2. The highest BCUT2D eigenvalue weighted by atomic mass is 15.1. The van der Waals surface area contributed by atoms with Gasteiger partial charge in [0, 0.05) is 18.4 Å². The molecule has 0 N–H and O–H groups in total. The lowest BCUT2D eigenvalue weighted by atomic mass is 9.95. The maximum absolute atomic E-state index is 4.19. The number of hydrogen-bond donors (Lipinski definition) is 0. The molecule has 238 valence electrons. The van der Waals surface area contributed by atoms with E-state index in [1.807, 2.05) is 32.1 Å². The summed E-state index contributed by atoms with van der Waals surface area (Å²) in [4.78, 5) is 4.59. The van der Waals surface area contributed by atoms with E-state index in [2.05, 4.69) is 145 Å². The number of aryl methyl sites for hydroxylation is 1. The van der Waals surface area contributed by atoms with E-state index >= 15 is 0 Å². The van der Waals surface area contributed by atoms with Crippen molar-refractivity contribution in [2.24, 2.45) is 5.92 Å². The molecular formula is C42H60N2. The van der Waals surface area contributed by atoms with Gasteiger partial charge in [-0.15, -0.1) is 6.58 Å². The highest BCUT2D eigenvalue weighted by Gasteiger charge is 2.13. The maximum atomic E-state index is 4.19. The summed E-state index contributed by atoms with van der Waals surface area (Å²) in [5.41, 5.74) is 8.36. The van der Waals surface area contributed by atoms with E-state index in [0.29, 0.717) is 0 Å². The quantitative estimate of drug-likeness (QED) is 0.190. The molecule has 0 unspecified atom stereocenters. The van der Waals surface area contributed by atoms with Gasteiger partial charge in [-0.2, -0.15) is 0 Å². The summed E-state index contributed by atoms with van der Waals surface area (Å²) >= 11 is 0. The predicted octanol–water partition coefficient (Wildman–Crippen LogP) is 11.7. The third-order valence-electron chi connectivity index (χ3n) is 8.39. The van der Waals surface area contributed by atoms with E-state index in [-0.39, 0.29) is 0 Å². The smallest absolute Gasteiger partial charge is 0.0171 e. The highest BCUT2D eigenvalue weighted by molar-refractivity contribution is 5.83. The Morgan fingerprint density at radius 3 is 2.07 bits per heavy atom. The van der Waals surface area contributed by atoms with Crippen LogP contribution >= 0.6 is 0 Å². The fraction of sp³-hybridized carbons (Fsp3) is 0.381. The van der Waals surface area contributed by atoms with Crippen LogP contribution in [0, 0.1) is 12.8 Å². The Balaban J connectivity index is 0.000000344. The van der Waals surface area contributed by atoms with Gasteiger partial charge in [-0.25, -0.2) is 0 Å². The largest absolute Gasteiger partial charge is 0.352 e. The van der Waals surface area contributed by atoms with E-state index in [0.717, 1.165) is 23.6 Å². The second-order valence-electron chi connectivity index (χ2n) is 11.5. The van der Waals surface area contributed by atoms with E-state index in [1.54, 1.807) is 0 Å². The number of benzene rings is 3. The summed E-state index contributed by atoms with van der Waals surface area (Å²) in [5.74, 6) is 1.03. The zero-order valence-electron chi connectivity index (χ0n) is 29.4. The molecule has 1 aliphatic rings. The fourth-order valence-corrected chi connectivity index (χ4v) is 5.04. The Hall–Kier alpha value is -3.62. The normalized spacial score (nSPS) is 14.0. The Morgan fingerprint density at radius 2 is 1.50 bits per heavy atom. The average Bonchev–Trinajstić information content (AvgIpc) is 3.05. The molecule has 4 rings (SSSR count). The van der Waals surface area contributed by atoms with Gasteiger partial charge in [0.15, 0.2) is 0 Å². The molecular weight excluding hydrogens is 532 g/mol. The Morgan fingerprint density at radius 1 is 0.909 bits per heavy atom. The first-order valence-electron chi connectivity index (χ1n) is 16.3. The van der Waals surface area contributed by atoms with Crippen molar-refractivity contribution in [3.63, 3.8) is 0 Å². The third-order valence-corrected chi connectivity index (χ3v) is 8.39. The molecule has 1 fully saturated rings. The fourth-order valence-electron chi connectivity index (χ4n) is 5.04. The van der Waals surface area contributed by atoms with Gasteiger partial charge < -0.3 is 9.80 Å². The average molecular weight is 593 g/mol. The maximum Gasteiger partial charge on any atom is 0.0171 e. The first-order chi connectivity index (χ1) is 21.1. The van der Waals surface area contributed by atoms with Gasteiger partial charge in [0.05, 0.1) is 0 Å². The third kappa shape index (κ3) is 12.9. The zero-order valence-corrected chi connectivity index (χ0v) is 29.4. The SMILES string of the molecule is C=C/C(C)=C(/C)N(C)/C(C)=C\C(=C)c1ccccc1C.C=CCc1ccc2ccccc2c1.CC.CCC1CCN(C)CC1. The van der Waals surface area contributed by atoms with E-state index in [4.69, 9.17) is 0 Å². The lowest BCUT2D eigenvalue weighted by Gasteiger charge is -2.27. The highest BCUT2D eigenvalue weighted by Crippen LogP contribution is 2.22. The molecule has 3 aromatic carbocycles. The molecule has 2 heteroatoms. The monoisotopic (exact) mass is 592 g/mol. The number of nitrogens with zero attached hydrogens (tertiary/aromatic N) is 2. The lowest BCUT2D eigenvalue weighted by Crippen LogP contribution is -2.29. The van der Waals surface area contributed by atoms with Gasteiger partial charge in [-0.05, 0) is 118 Å². The summed E-state index contributed by atoms with van der Waals surface area (Å²) in [5, 5.41) is 2.61. The van der Waals surface area contributed by atoms with Gasteiger partial charge in [-0.1, -0.05) is 119 Å². The van der Waals surface area contributed by atoms with Gasteiger partial charge in [0.1, 0.15) is 0 Å². The van der Waals surface area contributed by atoms with Crippen LogP contribution in [0.4, 0.5) is 0 Å². The minimum Gasteiger partial charge on any atom is -0.352 e. The summed E-state index contributed by atoms with van der Waals surface area (Å²) in [7, 11) is 4.28. The van der Waals surface area contributed by atoms with Crippen LogP contribution in [-0.4, -0.2) is 37.0 Å². The van der Waals surface area contributed by atoms with Crippen LogP contribution in [-0.2, 0) is 6.42 Å². The van der Waals surface area contributed by atoms with E-state index in [1.165, 1.54) is 71.1 Å². The molecule has 0 amide bonds. The first-order valence-corrected chi connectivity index (χ1v) is 16.3.